The summed E-state index contributed by atoms with van der Waals surface area (Å²) in [5.41, 5.74) is 4.17. The van der Waals surface area contributed by atoms with Crippen LogP contribution in [0.4, 0.5) is 0 Å². The van der Waals surface area contributed by atoms with E-state index in [1.54, 1.807) is 0 Å². The second kappa shape index (κ2) is 6.53. The van der Waals surface area contributed by atoms with E-state index in [4.69, 9.17) is 22.2 Å². The molecule has 0 aromatic heterocycles. The largest absolute Gasteiger partial charge is 0.378 e. The summed E-state index contributed by atoms with van der Waals surface area (Å²) in [7, 11) is 0. The van der Waals surface area contributed by atoms with Gasteiger partial charge in [0.05, 0.1) is 6.10 Å². The van der Waals surface area contributed by atoms with Crippen LogP contribution in [-0.4, -0.2) is 18.8 Å². The molecule has 18 heavy (non-hydrogen) atoms. The Hall–Kier alpha value is -0.610. The van der Waals surface area contributed by atoms with E-state index in [-0.39, 0.29) is 6.04 Å². The van der Waals surface area contributed by atoms with Crippen molar-refractivity contribution in [2.75, 3.05) is 6.61 Å². The average molecular weight is 269 g/mol. The number of hydrazine groups is 1. The molecule has 0 aliphatic carbocycles. The molecule has 100 valence electrons. The molecule has 3 unspecified atom stereocenters. The van der Waals surface area contributed by atoms with Crippen LogP contribution in [0.25, 0.3) is 0 Å². The third-order valence-corrected chi connectivity index (χ3v) is 3.97. The molecule has 1 aromatic carbocycles. The maximum Gasteiger partial charge on any atom is 0.0617 e. The second-order valence-electron chi connectivity index (χ2n) is 4.88. The van der Waals surface area contributed by atoms with Crippen molar-refractivity contribution in [3.05, 3.63) is 34.9 Å². The van der Waals surface area contributed by atoms with Gasteiger partial charge in [0.15, 0.2) is 0 Å². The van der Waals surface area contributed by atoms with Crippen molar-refractivity contribution in [2.45, 2.75) is 38.3 Å². The van der Waals surface area contributed by atoms with Gasteiger partial charge in [0.2, 0.25) is 0 Å². The Morgan fingerprint density at radius 3 is 3.06 bits per heavy atom. The smallest absolute Gasteiger partial charge is 0.0617 e. The van der Waals surface area contributed by atoms with Crippen LogP contribution in [0.1, 0.15) is 25.3 Å². The predicted molar refractivity (Wildman–Crippen MR) is 74.4 cm³/mol. The van der Waals surface area contributed by atoms with Gasteiger partial charge < -0.3 is 4.74 Å². The number of nitrogens with two attached hydrogens (primary N) is 1. The molecule has 0 spiro atoms. The average Bonchev–Trinajstić information content (AvgIpc) is 2.84. The van der Waals surface area contributed by atoms with Crippen LogP contribution in [-0.2, 0) is 11.2 Å². The molecule has 1 heterocycles. The number of rotatable bonds is 5. The molecule has 2 rings (SSSR count). The molecule has 0 radical (unpaired) electrons. The highest BCUT2D eigenvalue weighted by atomic mass is 35.5. The van der Waals surface area contributed by atoms with E-state index in [9.17, 15) is 0 Å². The maximum atomic E-state index is 6.01. The lowest BCUT2D eigenvalue weighted by molar-refractivity contribution is 0.0775. The lowest BCUT2D eigenvalue weighted by Crippen LogP contribution is -2.45. The predicted octanol–water partition coefficient (Wildman–Crippen LogP) is 2.53. The van der Waals surface area contributed by atoms with E-state index in [1.165, 1.54) is 5.56 Å². The van der Waals surface area contributed by atoms with Gasteiger partial charge in [-0.3, -0.25) is 11.3 Å². The Kier molecular flexibility index (Phi) is 5.01. The summed E-state index contributed by atoms with van der Waals surface area (Å²) in [5.74, 6) is 6.20. The fourth-order valence-electron chi connectivity index (χ4n) is 2.80. The topological polar surface area (TPSA) is 47.3 Å². The third kappa shape index (κ3) is 3.23. The van der Waals surface area contributed by atoms with Crippen LogP contribution in [0.15, 0.2) is 24.3 Å². The van der Waals surface area contributed by atoms with E-state index in [0.29, 0.717) is 12.0 Å². The van der Waals surface area contributed by atoms with Gasteiger partial charge in [-0.1, -0.05) is 30.7 Å². The summed E-state index contributed by atoms with van der Waals surface area (Å²) in [6, 6.07) is 8.21. The number of ether oxygens (including phenoxy) is 1. The Morgan fingerprint density at radius 1 is 1.56 bits per heavy atom. The summed E-state index contributed by atoms with van der Waals surface area (Å²) in [5, 5.41) is 0.776. The van der Waals surface area contributed by atoms with Crippen LogP contribution < -0.4 is 11.3 Å². The number of benzene rings is 1. The highest BCUT2D eigenvalue weighted by Crippen LogP contribution is 2.28. The molecule has 4 heteroatoms. The molecule has 1 fully saturated rings. The zero-order valence-corrected chi connectivity index (χ0v) is 11.5. The first-order valence-electron chi connectivity index (χ1n) is 6.56. The second-order valence-corrected chi connectivity index (χ2v) is 5.31. The molecule has 1 aliphatic heterocycles. The van der Waals surface area contributed by atoms with E-state index >= 15 is 0 Å². The Bertz CT molecular complexity index is 386. The number of hydrogen-bond donors (Lipinski definition) is 2. The third-order valence-electron chi connectivity index (χ3n) is 3.74. The zero-order chi connectivity index (χ0) is 13.0. The minimum Gasteiger partial charge on any atom is -0.378 e. The van der Waals surface area contributed by atoms with Crippen molar-refractivity contribution >= 4 is 11.6 Å². The fraction of sp³-hybridized carbons (Fsp3) is 0.571. The van der Waals surface area contributed by atoms with Crippen LogP contribution in [0.2, 0.25) is 5.02 Å². The Morgan fingerprint density at radius 2 is 2.39 bits per heavy atom. The van der Waals surface area contributed by atoms with Crippen molar-refractivity contribution in [1.82, 2.24) is 5.43 Å². The fourth-order valence-corrected chi connectivity index (χ4v) is 3.01. The first-order chi connectivity index (χ1) is 8.74. The molecule has 0 saturated carbocycles. The molecule has 1 aliphatic rings. The van der Waals surface area contributed by atoms with Gasteiger partial charge in [0.1, 0.15) is 0 Å². The maximum absolute atomic E-state index is 6.01. The normalized spacial score (nSPS) is 25.3. The summed E-state index contributed by atoms with van der Waals surface area (Å²) in [4.78, 5) is 0. The van der Waals surface area contributed by atoms with Gasteiger partial charge >= 0.3 is 0 Å². The molecule has 3 nitrogen and oxygen atoms in total. The lowest BCUT2D eigenvalue weighted by atomic mass is 9.88. The first kappa shape index (κ1) is 13.8. The summed E-state index contributed by atoms with van der Waals surface area (Å²) in [6.45, 7) is 3.01. The molecule has 0 bridgehead atoms. The molecule has 1 aromatic rings. The highest BCUT2D eigenvalue weighted by Gasteiger charge is 2.33. The monoisotopic (exact) mass is 268 g/mol. The van der Waals surface area contributed by atoms with Crippen molar-refractivity contribution in [2.24, 2.45) is 11.8 Å². The molecular weight excluding hydrogens is 248 g/mol. The van der Waals surface area contributed by atoms with Gasteiger partial charge in [0.25, 0.3) is 0 Å². The lowest BCUT2D eigenvalue weighted by Gasteiger charge is -2.26. The van der Waals surface area contributed by atoms with Crippen LogP contribution >= 0.6 is 11.6 Å². The van der Waals surface area contributed by atoms with E-state index in [1.807, 2.05) is 18.2 Å². The molecule has 1 saturated heterocycles. The number of nitrogens with one attached hydrogen (secondary N) is 1. The standard InChI is InChI=1S/C14H21ClN2O/c1-2-14-12(6-7-18-14)13(17-16)9-10-4-3-5-11(15)8-10/h3-5,8,12-14,17H,2,6-7,9,16H2,1H3. The van der Waals surface area contributed by atoms with Crippen LogP contribution in [0.3, 0.4) is 0 Å². The quantitative estimate of drug-likeness (QED) is 0.637. The highest BCUT2D eigenvalue weighted by molar-refractivity contribution is 6.30. The Balaban J connectivity index is 2.05. The van der Waals surface area contributed by atoms with Gasteiger partial charge in [-0.15, -0.1) is 0 Å². The summed E-state index contributed by atoms with van der Waals surface area (Å²) >= 11 is 6.01. The van der Waals surface area contributed by atoms with Crippen LogP contribution in [0.5, 0.6) is 0 Å². The van der Waals surface area contributed by atoms with Gasteiger partial charge in [-0.25, -0.2) is 0 Å². The summed E-state index contributed by atoms with van der Waals surface area (Å²) < 4.78 is 5.74. The van der Waals surface area contributed by atoms with Crippen molar-refractivity contribution in [3.8, 4) is 0 Å². The van der Waals surface area contributed by atoms with E-state index in [0.717, 1.165) is 30.9 Å². The number of halogens is 1. The first-order valence-corrected chi connectivity index (χ1v) is 6.94. The SMILES string of the molecule is CCC1OCCC1C(Cc1cccc(Cl)c1)NN. The zero-order valence-electron chi connectivity index (χ0n) is 10.7. The van der Waals surface area contributed by atoms with Crippen molar-refractivity contribution < 1.29 is 4.74 Å². The molecule has 3 N–H and O–H groups in total. The van der Waals surface area contributed by atoms with Gasteiger partial charge in [-0.05, 0) is 37.0 Å². The van der Waals surface area contributed by atoms with Gasteiger partial charge in [-0.2, -0.15) is 0 Å². The van der Waals surface area contributed by atoms with Gasteiger partial charge in [0, 0.05) is 23.6 Å². The van der Waals surface area contributed by atoms with Crippen LogP contribution in [0, 0.1) is 5.92 Å². The number of hydrogen-bond acceptors (Lipinski definition) is 3. The van der Waals surface area contributed by atoms with E-state index < -0.39 is 0 Å². The van der Waals surface area contributed by atoms with E-state index in [2.05, 4.69) is 18.4 Å². The molecule has 0 amide bonds. The Labute approximate surface area is 114 Å². The van der Waals surface area contributed by atoms with Crippen molar-refractivity contribution in [1.29, 1.82) is 0 Å². The minimum absolute atomic E-state index is 0.246. The van der Waals surface area contributed by atoms with Crippen molar-refractivity contribution in [3.63, 3.8) is 0 Å². The summed E-state index contributed by atoms with van der Waals surface area (Å²) in [6.07, 6.45) is 3.33. The molecule has 3 atom stereocenters. The minimum atomic E-state index is 0.246. The molecular formula is C14H21ClN2O.